The third-order valence-corrected chi connectivity index (χ3v) is 5.39. The van der Waals surface area contributed by atoms with Gasteiger partial charge in [0.1, 0.15) is 0 Å². The molecule has 0 aliphatic carbocycles. The van der Waals surface area contributed by atoms with Gasteiger partial charge in [-0.25, -0.2) is 0 Å². The van der Waals surface area contributed by atoms with Crippen molar-refractivity contribution < 1.29 is 14.3 Å². The first-order valence-electron chi connectivity index (χ1n) is 10.0. The Labute approximate surface area is 190 Å². The first kappa shape index (κ1) is 21.5. The molecular weight excluding hydrogens is 424 g/mol. The van der Waals surface area contributed by atoms with E-state index >= 15 is 0 Å². The van der Waals surface area contributed by atoms with Crippen LogP contribution in [0.5, 0.6) is 16.7 Å². The summed E-state index contributed by atoms with van der Waals surface area (Å²) in [6.45, 7) is 2.46. The normalized spacial score (nSPS) is 10.6. The third kappa shape index (κ3) is 5.47. The summed E-state index contributed by atoms with van der Waals surface area (Å²) in [4.78, 5) is 21.1. The fourth-order valence-electron chi connectivity index (χ4n) is 3.02. The molecule has 0 unspecified atom stereocenters. The van der Waals surface area contributed by atoms with Crippen molar-refractivity contribution >= 4 is 17.4 Å². The average molecular weight is 447 g/mol. The molecule has 8 heteroatoms. The summed E-state index contributed by atoms with van der Waals surface area (Å²) < 4.78 is 15.7. The minimum absolute atomic E-state index is 0.216. The maximum absolute atomic E-state index is 12.6. The standard InChI is InChI=1S/C24H22N4O3S/c1-16-3-5-17(6-4-16)13-22-27-24(32-28-22)31-21-14-19(7-8-20(21)30-2)23(29)26-15-18-9-11-25-12-10-18/h3-12,14H,13,15H2,1-2H3,(H,26,29). The van der Waals surface area contributed by atoms with Gasteiger partial charge in [-0.3, -0.25) is 9.78 Å². The number of pyridine rings is 1. The Morgan fingerprint density at radius 3 is 2.53 bits per heavy atom. The maximum Gasteiger partial charge on any atom is 0.298 e. The largest absolute Gasteiger partial charge is 0.493 e. The number of hydrogen-bond donors (Lipinski definition) is 1. The van der Waals surface area contributed by atoms with Crippen LogP contribution in [0.2, 0.25) is 0 Å². The van der Waals surface area contributed by atoms with Crippen molar-refractivity contribution in [3.05, 3.63) is 95.1 Å². The van der Waals surface area contributed by atoms with Crippen LogP contribution in [-0.2, 0) is 13.0 Å². The Hall–Kier alpha value is -3.78. The van der Waals surface area contributed by atoms with Gasteiger partial charge in [0, 0.05) is 42.5 Å². The van der Waals surface area contributed by atoms with Crippen molar-refractivity contribution in [1.29, 1.82) is 0 Å². The van der Waals surface area contributed by atoms with Crippen LogP contribution in [0.3, 0.4) is 0 Å². The molecule has 7 nitrogen and oxygen atoms in total. The smallest absolute Gasteiger partial charge is 0.298 e. The van der Waals surface area contributed by atoms with Gasteiger partial charge in [0.15, 0.2) is 17.3 Å². The van der Waals surface area contributed by atoms with E-state index < -0.39 is 0 Å². The minimum atomic E-state index is -0.216. The van der Waals surface area contributed by atoms with E-state index in [1.165, 1.54) is 5.56 Å². The molecule has 2 heterocycles. The van der Waals surface area contributed by atoms with Gasteiger partial charge < -0.3 is 14.8 Å². The van der Waals surface area contributed by atoms with Crippen LogP contribution in [0.25, 0.3) is 0 Å². The number of benzene rings is 2. The van der Waals surface area contributed by atoms with Crippen molar-refractivity contribution in [1.82, 2.24) is 19.7 Å². The van der Waals surface area contributed by atoms with Crippen molar-refractivity contribution in [3.8, 4) is 16.7 Å². The van der Waals surface area contributed by atoms with Crippen LogP contribution in [-0.4, -0.2) is 27.4 Å². The minimum Gasteiger partial charge on any atom is -0.493 e. The second kappa shape index (κ2) is 10.0. The third-order valence-electron chi connectivity index (χ3n) is 4.76. The zero-order valence-electron chi connectivity index (χ0n) is 17.7. The van der Waals surface area contributed by atoms with Crippen molar-refractivity contribution in [2.75, 3.05) is 7.11 Å². The highest BCUT2D eigenvalue weighted by atomic mass is 32.1. The lowest BCUT2D eigenvalue weighted by Crippen LogP contribution is -2.22. The Bertz CT molecular complexity index is 1190. The number of rotatable bonds is 8. The van der Waals surface area contributed by atoms with Gasteiger partial charge in [0.05, 0.1) is 7.11 Å². The Balaban J connectivity index is 1.45. The van der Waals surface area contributed by atoms with E-state index in [0.717, 1.165) is 22.7 Å². The molecule has 0 radical (unpaired) electrons. The lowest BCUT2D eigenvalue weighted by molar-refractivity contribution is 0.0950. The summed E-state index contributed by atoms with van der Waals surface area (Å²) in [6.07, 6.45) is 4.00. The molecular formula is C24H22N4O3S. The highest BCUT2D eigenvalue weighted by Crippen LogP contribution is 2.33. The molecule has 1 N–H and O–H groups in total. The number of aryl methyl sites for hydroxylation is 1. The fraction of sp³-hybridized carbons (Fsp3) is 0.167. The molecule has 1 amide bonds. The van der Waals surface area contributed by atoms with Crippen molar-refractivity contribution in [2.24, 2.45) is 0 Å². The molecule has 2 aromatic heterocycles. The van der Waals surface area contributed by atoms with E-state index in [-0.39, 0.29) is 5.91 Å². The quantitative estimate of drug-likeness (QED) is 0.427. The number of aromatic nitrogens is 3. The van der Waals surface area contributed by atoms with Gasteiger partial charge in [-0.15, -0.1) is 0 Å². The molecule has 0 aliphatic rings. The highest BCUT2D eigenvalue weighted by molar-refractivity contribution is 7.07. The Morgan fingerprint density at radius 2 is 1.78 bits per heavy atom. The summed E-state index contributed by atoms with van der Waals surface area (Å²) >= 11 is 1.16. The molecule has 162 valence electrons. The van der Waals surface area contributed by atoms with Gasteiger partial charge in [-0.1, -0.05) is 29.8 Å². The summed E-state index contributed by atoms with van der Waals surface area (Å²) in [7, 11) is 1.55. The number of ether oxygens (including phenoxy) is 2. The summed E-state index contributed by atoms with van der Waals surface area (Å²) in [5, 5.41) is 3.28. The van der Waals surface area contributed by atoms with Gasteiger partial charge >= 0.3 is 0 Å². The van der Waals surface area contributed by atoms with Crippen LogP contribution in [0, 0.1) is 6.92 Å². The molecule has 0 aliphatic heterocycles. The number of hydrogen-bond acceptors (Lipinski definition) is 7. The number of methoxy groups -OCH3 is 1. The number of nitrogens with one attached hydrogen (secondary N) is 1. The fourth-order valence-corrected chi connectivity index (χ4v) is 3.58. The van der Waals surface area contributed by atoms with Gasteiger partial charge in [-0.2, -0.15) is 9.36 Å². The van der Waals surface area contributed by atoms with E-state index in [1.807, 2.05) is 12.1 Å². The molecule has 0 fully saturated rings. The van der Waals surface area contributed by atoms with Gasteiger partial charge in [0.2, 0.25) is 0 Å². The Morgan fingerprint density at radius 1 is 1.00 bits per heavy atom. The van der Waals surface area contributed by atoms with E-state index in [0.29, 0.717) is 41.0 Å². The molecule has 4 aromatic rings. The Kier molecular flexibility index (Phi) is 6.72. The number of carbonyl (C=O) groups is 1. The molecule has 0 bridgehead atoms. The molecule has 0 saturated heterocycles. The summed E-state index contributed by atoms with van der Waals surface area (Å²) in [5.41, 5.74) is 3.76. The monoisotopic (exact) mass is 446 g/mol. The predicted octanol–water partition coefficient (Wildman–Crippen LogP) is 4.56. The predicted molar refractivity (Wildman–Crippen MR) is 122 cm³/mol. The molecule has 0 saturated carbocycles. The highest BCUT2D eigenvalue weighted by Gasteiger charge is 2.14. The molecule has 2 aromatic carbocycles. The van der Waals surface area contributed by atoms with E-state index in [9.17, 15) is 4.79 Å². The first-order valence-corrected chi connectivity index (χ1v) is 10.8. The lowest BCUT2D eigenvalue weighted by Gasteiger charge is -2.10. The lowest BCUT2D eigenvalue weighted by atomic mass is 10.1. The SMILES string of the molecule is COc1ccc(C(=O)NCc2ccncc2)cc1Oc1nc(Cc2ccc(C)cc2)ns1. The molecule has 0 spiro atoms. The van der Waals surface area contributed by atoms with Crippen LogP contribution in [0.4, 0.5) is 0 Å². The number of amides is 1. The first-order chi connectivity index (χ1) is 15.6. The van der Waals surface area contributed by atoms with Gasteiger partial charge in [-0.05, 0) is 48.4 Å². The van der Waals surface area contributed by atoms with Crippen LogP contribution >= 0.6 is 11.5 Å². The van der Waals surface area contributed by atoms with Gasteiger partial charge in [0.25, 0.3) is 11.1 Å². The van der Waals surface area contributed by atoms with Crippen LogP contribution in [0.1, 0.15) is 32.9 Å². The van der Waals surface area contributed by atoms with E-state index in [4.69, 9.17) is 9.47 Å². The molecule has 32 heavy (non-hydrogen) atoms. The maximum atomic E-state index is 12.6. The summed E-state index contributed by atoms with van der Waals surface area (Å²) in [5.74, 6) is 1.37. The number of nitrogens with zero attached hydrogens (tertiary/aromatic N) is 3. The van der Waals surface area contributed by atoms with Crippen LogP contribution < -0.4 is 14.8 Å². The zero-order valence-corrected chi connectivity index (χ0v) is 18.6. The van der Waals surface area contributed by atoms with Crippen LogP contribution in [0.15, 0.2) is 67.0 Å². The molecule has 0 atom stereocenters. The second-order valence-electron chi connectivity index (χ2n) is 7.14. The zero-order chi connectivity index (χ0) is 22.3. The second-order valence-corrected chi connectivity index (χ2v) is 7.86. The van der Waals surface area contributed by atoms with E-state index in [2.05, 4.69) is 50.8 Å². The topological polar surface area (TPSA) is 86.2 Å². The molecule has 4 rings (SSSR count). The number of carbonyl (C=O) groups excluding carboxylic acids is 1. The van der Waals surface area contributed by atoms with E-state index in [1.54, 1.807) is 37.7 Å². The summed E-state index contributed by atoms with van der Waals surface area (Å²) in [6, 6.07) is 17.0. The average Bonchev–Trinajstić information content (AvgIpc) is 3.26. The van der Waals surface area contributed by atoms with Crippen molar-refractivity contribution in [3.63, 3.8) is 0 Å². The van der Waals surface area contributed by atoms with Crippen molar-refractivity contribution in [2.45, 2.75) is 19.9 Å².